The smallest absolute Gasteiger partial charge is 0.136 e. The summed E-state index contributed by atoms with van der Waals surface area (Å²) in [5.41, 5.74) is 3.06. The third-order valence-electron chi connectivity index (χ3n) is 1.88. The van der Waals surface area contributed by atoms with E-state index in [1.165, 1.54) is 6.33 Å². The first-order valence-electron chi connectivity index (χ1n) is 4.65. The van der Waals surface area contributed by atoms with E-state index in [1.54, 1.807) is 4.52 Å². The van der Waals surface area contributed by atoms with Gasteiger partial charge in [-0.15, -0.1) is 0 Å². The van der Waals surface area contributed by atoms with E-state index in [2.05, 4.69) is 10.1 Å². The van der Waals surface area contributed by atoms with E-state index < -0.39 is 0 Å². The van der Waals surface area contributed by atoms with Crippen molar-refractivity contribution in [3.8, 4) is 0 Å². The lowest BCUT2D eigenvalue weighted by Crippen LogP contribution is -1.95. The van der Waals surface area contributed by atoms with Gasteiger partial charge in [0.15, 0.2) is 0 Å². The van der Waals surface area contributed by atoms with Crippen molar-refractivity contribution in [2.45, 2.75) is 27.7 Å². The summed E-state index contributed by atoms with van der Waals surface area (Å²) in [7, 11) is 0. The van der Waals surface area contributed by atoms with Crippen molar-refractivity contribution in [1.82, 2.24) is 14.6 Å². The number of hydrogen-bond donors (Lipinski definition) is 0. The number of rotatable bonds is 0. The maximum Gasteiger partial charge on any atom is 0.136 e. The van der Waals surface area contributed by atoms with Crippen LogP contribution in [0.15, 0.2) is 12.4 Å². The van der Waals surface area contributed by atoms with Crippen LogP contribution < -0.4 is 0 Å². The third kappa shape index (κ3) is 1.73. The lowest BCUT2D eigenvalue weighted by Gasteiger charge is -1.97. The van der Waals surface area contributed by atoms with E-state index in [-0.39, 0.29) is 0 Å². The molecule has 14 heavy (non-hydrogen) atoms. The Morgan fingerprint density at radius 2 is 1.93 bits per heavy atom. The van der Waals surface area contributed by atoms with E-state index in [0.29, 0.717) is 5.15 Å². The largest absolute Gasteiger partial charge is 0.238 e. The fourth-order valence-corrected chi connectivity index (χ4v) is 1.65. The average molecular weight is 212 g/mol. The lowest BCUT2D eigenvalue weighted by atomic mass is 10.3. The van der Waals surface area contributed by atoms with Gasteiger partial charge in [0.05, 0.1) is 11.2 Å². The normalized spacial score (nSPS) is 9.79. The van der Waals surface area contributed by atoms with E-state index in [4.69, 9.17) is 11.6 Å². The lowest BCUT2D eigenvalue weighted by molar-refractivity contribution is 0.886. The molecule has 2 aromatic heterocycles. The van der Waals surface area contributed by atoms with Crippen LogP contribution in [0.2, 0.25) is 5.15 Å². The van der Waals surface area contributed by atoms with Crippen molar-refractivity contribution < 1.29 is 0 Å². The van der Waals surface area contributed by atoms with Crippen molar-refractivity contribution in [3.05, 3.63) is 28.8 Å². The Hall–Kier alpha value is -1.09. The van der Waals surface area contributed by atoms with E-state index in [9.17, 15) is 0 Å². The molecular formula is C10H14ClN3. The molecule has 3 nitrogen and oxygen atoms in total. The molecule has 0 aliphatic heterocycles. The zero-order chi connectivity index (χ0) is 10.7. The molecule has 0 aromatic carbocycles. The Morgan fingerprint density at radius 1 is 1.29 bits per heavy atom. The fraction of sp³-hybridized carbons (Fsp3) is 0.400. The van der Waals surface area contributed by atoms with Crippen LogP contribution >= 0.6 is 11.6 Å². The highest BCUT2D eigenvalue weighted by Crippen LogP contribution is 2.19. The fourth-order valence-electron chi connectivity index (χ4n) is 1.36. The van der Waals surface area contributed by atoms with Crippen LogP contribution in [0.4, 0.5) is 0 Å². The van der Waals surface area contributed by atoms with Gasteiger partial charge in [0, 0.05) is 0 Å². The molecule has 0 radical (unpaired) electrons. The second kappa shape index (κ2) is 4.42. The number of hydrogen-bond acceptors (Lipinski definition) is 2. The van der Waals surface area contributed by atoms with Crippen LogP contribution in [-0.4, -0.2) is 14.6 Å². The number of aryl methyl sites for hydroxylation is 2. The summed E-state index contributed by atoms with van der Waals surface area (Å²) in [5.74, 6) is 0. The van der Waals surface area contributed by atoms with Gasteiger partial charge < -0.3 is 0 Å². The monoisotopic (exact) mass is 211 g/mol. The van der Waals surface area contributed by atoms with Crippen LogP contribution in [0, 0.1) is 13.8 Å². The number of fused-ring (bicyclic) bond motifs is 1. The molecule has 0 saturated heterocycles. The van der Waals surface area contributed by atoms with Gasteiger partial charge in [-0.05, 0) is 25.5 Å². The van der Waals surface area contributed by atoms with Gasteiger partial charge in [-0.2, -0.15) is 5.10 Å². The third-order valence-corrected chi connectivity index (χ3v) is 2.15. The van der Waals surface area contributed by atoms with Crippen molar-refractivity contribution in [2.75, 3.05) is 0 Å². The van der Waals surface area contributed by atoms with Crippen molar-refractivity contribution >= 4 is 17.1 Å². The molecule has 2 heterocycles. The zero-order valence-corrected chi connectivity index (χ0v) is 9.63. The van der Waals surface area contributed by atoms with E-state index in [0.717, 1.165) is 16.8 Å². The van der Waals surface area contributed by atoms with Gasteiger partial charge in [-0.1, -0.05) is 25.4 Å². The second-order valence-corrected chi connectivity index (χ2v) is 3.14. The molecule has 2 aromatic rings. The summed E-state index contributed by atoms with van der Waals surface area (Å²) in [6.45, 7) is 7.94. The first kappa shape index (κ1) is 11.0. The number of nitrogens with zero attached hydrogens (tertiary/aromatic N) is 3. The van der Waals surface area contributed by atoms with Gasteiger partial charge in [-0.3, -0.25) is 0 Å². The van der Waals surface area contributed by atoms with E-state index in [1.807, 2.05) is 33.8 Å². The van der Waals surface area contributed by atoms with Gasteiger partial charge in [0.1, 0.15) is 11.5 Å². The van der Waals surface area contributed by atoms with Crippen molar-refractivity contribution in [2.24, 2.45) is 0 Å². The summed E-state index contributed by atoms with van der Waals surface area (Å²) >= 11 is 5.92. The molecule has 0 aliphatic carbocycles. The number of aromatic nitrogens is 3. The van der Waals surface area contributed by atoms with E-state index >= 15 is 0 Å². The van der Waals surface area contributed by atoms with Gasteiger partial charge in [0.25, 0.3) is 0 Å². The summed E-state index contributed by atoms with van der Waals surface area (Å²) in [6.07, 6.45) is 1.51. The predicted molar refractivity (Wildman–Crippen MR) is 58.8 cm³/mol. The molecule has 0 atom stereocenters. The Balaban J connectivity index is 0.000000461. The van der Waals surface area contributed by atoms with Crippen molar-refractivity contribution in [1.29, 1.82) is 0 Å². The van der Waals surface area contributed by atoms with Crippen LogP contribution in [-0.2, 0) is 0 Å². The van der Waals surface area contributed by atoms with Gasteiger partial charge in [0.2, 0.25) is 0 Å². The minimum absolute atomic E-state index is 0.632. The first-order chi connectivity index (χ1) is 6.70. The molecule has 0 N–H and O–H groups in total. The average Bonchev–Trinajstić information content (AvgIpc) is 2.47. The molecule has 4 heteroatoms. The summed E-state index contributed by atoms with van der Waals surface area (Å²) in [4.78, 5) is 4.09. The molecule has 0 saturated carbocycles. The summed E-state index contributed by atoms with van der Waals surface area (Å²) in [5, 5.41) is 4.67. The SMILES string of the molecule is CC.Cc1cc(Cl)n2ncnc(C)c12. The zero-order valence-electron chi connectivity index (χ0n) is 8.87. The summed E-state index contributed by atoms with van der Waals surface area (Å²) in [6, 6.07) is 1.89. The number of halogens is 1. The molecule has 0 aliphatic rings. The molecule has 0 spiro atoms. The maximum absolute atomic E-state index is 5.92. The van der Waals surface area contributed by atoms with Crippen LogP contribution in [0.1, 0.15) is 25.1 Å². The van der Waals surface area contributed by atoms with Crippen LogP contribution in [0.3, 0.4) is 0 Å². The second-order valence-electron chi connectivity index (χ2n) is 2.76. The molecular weight excluding hydrogens is 198 g/mol. The standard InChI is InChI=1S/C8H8ClN3.C2H6/c1-5-3-7(9)12-8(5)6(2)10-4-11-12;1-2/h3-4H,1-2H3;1-2H3. The van der Waals surface area contributed by atoms with Crippen LogP contribution in [0.25, 0.3) is 5.52 Å². The topological polar surface area (TPSA) is 30.2 Å². The molecule has 0 unspecified atom stereocenters. The Bertz CT molecular complexity index is 434. The minimum Gasteiger partial charge on any atom is -0.238 e. The van der Waals surface area contributed by atoms with Crippen molar-refractivity contribution in [3.63, 3.8) is 0 Å². The Morgan fingerprint density at radius 3 is 2.50 bits per heavy atom. The predicted octanol–water partition coefficient (Wildman–Crippen LogP) is 3.03. The highest BCUT2D eigenvalue weighted by atomic mass is 35.5. The first-order valence-corrected chi connectivity index (χ1v) is 5.03. The van der Waals surface area contributed by atoms with Crippen LogP contribution in [0.5, 0.6) is 0 Å². The van der Waals surface area contributed by atoms with Gasteiger partial charge in [-0.25, -0.2) is 9.50 Å². The minimum atomic E-state index is 0.632. The maximum atomic E-state index is 5.92. The Kier molecular flexibility index (Phi) is 3.47. The molecule has 2 rings (SSSR count). The molecule has 0 fully saturated rings. The highest BCUT2D eigenvalue weighted by Gasteiger charge is 2.06. The molecule has 0 amide bonds. The molecule has 0 bridgehead atoms. The summed E-state index contributed by atoms with van der Waals surface area (Å²) < 4.78 is 1.69. The van der Waals surface area contributed by atoms with Gasteiger partial charge >= 0.3 is 0 Å². The molecule has 76 valence electrons. The quantitative estimate of drug-likeness (QED) is 0.671. The highest BCUT2D eigenvalue weighted by molar-refractivity contribution is 6.30. The Labute approximate surface area is 88.7 Å².